The van der Waals surface area contributed by atoms with Crippen molar-refractivity contribution in [2.24, 2.45) is 5.73 Å². The van der Waals surface area contributed by atoms with E-state index in [2.05, 4.69) is 0 Å². The molecule has 0 aliphatic carbocycles. The maximum atomic E-state index is 11.5. The molecule has 6 heteroatoms. The number of aromatic hydroxyl groups is 1. The van der Waals surface area contributed by atoms with E-state index in [0.29, 0.717) is 24.5 Å². The van der Waals surface area contributed by atoms with Crippen LogP contribution in [0.2, 0.25) is 0 Å². The number of rotatable bonds is 7. The molecule has 0 saturated carbocycles. The van der Waals surface area contributed by atoms with Gasteiger partial charge in [-0.25, -0.2) is 0 Å². The number of ether oxygens (including phenoxy) is 2. The second kappa shape index (κ2) is 9.80. The highest BCUT2D eigenvalue weighted by molar-refractivity contribution is 5.85. The van der Waals surface area contributed by atoms with Gasteiger partial charge in [0.25, 0.3) is 0 Å². The summed E-state index contributed by atoms with van der Waals surface area (Å²) < 4.78 is 10.5. The lowest BCUT2D eigenvalue weighted by atomic mass is 10.0. The van der Waals surface area contributed by atoms with Gasteiger partial charge in [-0.1, -0.05) is 36.4 Å². The van der Waals surface area contributed by atoms with Crippen LogP contribution in [0.25, 0.3) is 0 Å². The summed E-state index contributed by atoms with van der Waals surface area (Å²) in [7, 11) is 0. The van der Waals surface area contributed by atoms with E-state index in [-0.39, 0.29) is 30.5 Å². The zero-order valence-corrected chi connectivity index (χ0v) is 14.3. The Morgan fingerprint density at radius 3 is 2.54 bits per heavy atom. The number of esters is 1. The third kappa shape index (κ3) is 5.76. The van der Waals surface area contributed by atoms with Crippen LogP contribution >= 0.6 is 12.4 Å². The van der Waals surface area contributed by atoms with E-state index >= 15 is 0 Å². The van der Waals surface area contributed by atoms with Crippen molar-refractivity contribution in [3.8, 4) is 11.5 Å². The van der Waals surface area contributed by atoms with Crippen LogP contribution in [0.1, 0.15) is 30.5 Å². The lowest BCUT2D eigenvalue weighted by molar-refractivity contribution is -0.143. The number of carbonyl (C=O) groups is 1. The summed E-state index contributed by atoms with van der Waals surface area (Å²) in [6.45, 7) is 2.46. The molecule has 0 bridgehead atoms. The van der Waals surface area contributed by atoms with E-state index in [1.165, 1.54) is 6.07 Å². The number of hydrogen-bond acceptors (Lipinski definition) is 5. The number of phenols is 1. The molecular weight excluding hydrogens is 330 g/mol. The SMILES string of the molecule is CCOC(=O)C[C@@H](N)c1ccc(OCc2ccccc2)cc1O.Cl. The van der Waals surface area contributed by atoms with Crippen LogP contribution in [0.4, 0.5) is 0 Å². The monoisotopic (exact) mass is 351 g/mol. The van der Waals surface area contributed by atoms with Crippen LogP contribution < -0.4 is 10.5 Å². The molecule has 1 atom stereocenters. The molecule has 130 valence electrons. The van der Waals surface area contributed by atoms with Crippen molar-refractivity contribution < 1.29 is 19.4 Å². The Morgan fingerprint density at radius 2 is 1.92 bits per heavy atom. The summed E-state index contributed by atoms with van der Waals surface area (Å²) in [6, 6.07) is 14.0. The summed E-state index contributed by atoms with van der Waals surface area (Å²) in [6.07, 6.45) is 0.0195. The van der Waals surface area contributed by atoms with Crippen molar-refractivity contribution in [2.45, 2.75) is 26.0 Å². The molecular formula is C18H22ClNO4. The summed E-state index contributed by atoms with van der Waals surface area (Å²) in [5.74, 6) is 0.162. The fourth-order valence-electron chi connectivity index (χ4n) is 2.18. The number of halogens is 1. The normalized spacial score (nSPS) is 11.2. The Labute approximate surface area is 147 Å². The van der Waals surface area contributed by atoms with Crippen LogP contribution in [-0.2, 0) is 16.1 Å². The maximum Gasteiger partial charge on any atom is 0.307 e. The fraction of sp³-hybridized carbons (Fsp3) is 0.278. The van der Waals surface area contributed by atoms with E-state index in [0.717, 1.165) is 5.56 Å². The standard InChI is InChI=1S/C18H21NO4.ClH/c1-2-22-18(21)11-16(19)15-9-8-14(10-17(15)20)23-12-13-6-4-3-5-7-13;/h3-10,16,20H,2,11-12,19H2,1H3;1H/t16-;/m1./s1. The van der Waals surface area contributed by atoms with Gasteiger partial charge in [0.15, 0.2) is 0 Å². The van der Waals surface area contributed by atoms with Crippen molar-refractivity contribution in [2.75, 3.05) is 6.61 Å². The first-order chi connectivity index (χ1) is 11.1. The Bertz CT molecular complexity index is 649. The predicted octanol–water partition coefficient (Wildman–Crippen LogP) is 3.35. The van der Waals surface area contributed by atoms with Gasteiger partial charge in [0.05, 0.1) is 13.0 Å². The first-order valence-electron chi connectivity index (χ1n) is 7.51. The quantitative estimate of drug-likeness (QED) is 0.747. The van der Waals surface area contributed by atoms with Crippen LogP contribution in [0.5, 0.6) is 11.5 Å². The number of hydrogen-bond donors (Lipinski definition) is 2. The van der Waals surface area contributed by atoms with Gasteiger partial charge >= 0.3 is 5.97 Å². The molecule has 2 aromatic carbocycles. The lowest BCUT2D eigenvalue weighted by Gasteiger charge is -2.14. The van der Waals surface area contributed by atoms with E-state index < -0.39 is 6.04 Å². The highest BCUT2D eigenvalue weighted by Crippen LogP contribution is 2.29. The summed E-state index contributed by atoms with van der Waals surface area (Å²) in [5.41, 5.74) is 7.47. The summed E-state index contributed by atoms with van der Waals surface area (Å²) in [5, 5.41) is 10.1. The fourth-order valence-corrected chi connectivity index (χ4v) is 2.18. The van der Waals surface area contributed by atoms with Crippen LogP contribution in [0, 0.1) is 0 Å². The molecule has 3 N–H and O–H groups in total. The molecule has 0 amide bonds. The number of phenolic OH excluding ortho intramolecular Hbond substituents is 1. The number of benzene rings is 2. The van der Waals surface area contributed by atoms with Gasteiger partial charge in [-0.15, -0.1) is 12.4 Å². The van der Waals surface area contributed by atoms with Crippen molar-refractivity contribution in [3.63, 3.8) is 0 Å². The molecule has 0 unspecified atom stereocenters. The van der Waals surface area contributed by atoms with Crippen molar-refractivity contribution in [3.05, 3.63) is 59.7 Å². The number of carbonyl (C=O) groups excluding carboxylic acids is 1. The van der Waals surface area contributed by atoms with Crippen LogP contribution in [-0.4, -0.2) is 17.7 Å². The molecule has 0 aromatic heterocycles. The van der Waals surface area contributed by atoms with Crippen molar-refractivity contribution in [1.82, 2.24) is 0 Å². The molecule has 0 heterocycles. The van der Waals surface area contributed by atoms with E-state index in [1.54, 1.807) is 19.1 Å². The molecule has 0 saturated heterocycles. The summed E-state index contributed by atoms with van der Waals surface area (Å²) in [4.78, 5) is 11.5. The van der Waals surface area contributed by atoms with Gasteiger partial charge in [0.1, 0.15) is 18.1 Å². The molecule has 0 fully saturated rings. The molecule has 0 spiro atoms. The van der Waals surface area contributed by atoms with E-state index in [9.17, 15) is 9.90 Å². The third-order valence-electron chi connectivity index (χ3n) is 3.34. The molecule has 0 aliphatic heterocycles. The zero-order chi connectivity index (χ0) is 16.7. The van der Waals surface area contributed by atoms with Gasteiger partial charge in [-0.2, -0.15) is 0 Å². The lowest BCUT2D eigenvalue weighted by Crippen LogP contribution is -2.17. The largest absolute Gasteiger partial charge is 0.507 e. The first kappa shape index (κ1) is 19.8. The minimum Gasteiger partial charge on any atom is -0.507 e. The Balaban J connectivity index is 0.00000288. The summed E-state index contributed by atoms with van der Waals surface area (Å²) >= 11 is 0. The minimum atomic E-state index is -0.614. The molecule has 2 aromatic rings. The topological polar surface area (TPSA) is 81.8 Å². The van der Waals surface area contributed by atoms with E-state index in [1.807, 2.05) is 30.3 Å². The predicted molar refractivity (Wildman–Crippen MR) is 94.3 cm³/mol. The maximum absolute atomic E-state index is 11.5. The van der Waals surface area contributed by atoms with Crippen LogP contribution in [0.15, 0.2) is 48.5 Å². The second-order valence-corrected chi connectivity index (χ2v) is 5.11. The van der Waals surface area contributed by atoms with Crippen LogP contribution in [0.3, 0.4) is 0 Å². The van der Waals surface area contributed by atoms with Gasteiger partial charge in [0, 0.05) is 17.7 Å². The third-order valence-corrected chi connectivity index (χ3v) is 3.34. The average molecular weight is 352 g/mol. The van der Waals surface area contributed by atoms with Crippen molar-refractivity contribution in [1.29, 1.82) is 0 Å². The Morgan fingerprint density at radius 1 is 1.21 bits per heavy atom. The molecule has 2 rings (SSSR count). The molecule has 24 heavy (non-hydrogen) atoms. The molecule has 0 aliphatic rings. The molecule has 5 nitrogen and oxygen atoms in total. The zero-order valence-electron chi connectivity index (χ0n) is 13.5. The van der Waals surface area contributed by atoms with Gasteiger partial charge in [-0.3, -0.25) is 4.79 Å². The minimum absolute atomic E-state index is 0. The Hall–Kier alpha value is -2.24. The van der Waals surface area contributed by atoms with Crippen molar-refractivity contribution >= 4 is 18.4 Å². The first-order valence-corrected chi connectivity index (χ1v) is 7.51. The highest BCUT2D eigenvalue weighted by Gasteiger charge is 2.16. The van der Waals surface area contributed by atoms with Gasteiger partial charge < -0.3 is 20.3 Å². The second-order valence-electron chi connectivity index (χ2n) is 5.11. The number of nitrogens with two attached hydrogens (primary N) is 1. The smallest absolute Gasteiger partial charge is 0.307 e. The molecule has 0 radical (unpaired) electrons. The average Bonchev–Trinajstić information content (AvgIpc) is 2.54. The Kier molecular flexibility index (Phi) is 8.09. The highest BCUT2D eigenvalue weighted by atomic mass is 35.5. The van der Waals surface area contributed by atoms with Gasteiger partial charge in [-0.05, 0) is 18.6 Å². The van der Waals surface area contributed by atoms with Gasteiger partial charge in [0.2, 0.25) is 0 Å². The van der Waals surface area contributed by atoms with E-state index in [4.69, 9.17) is 15.2 Å².